The predicted octanol–water partition coefficient (Wildman–Crippen LogP) is 0.369. The maximum Gasteiger partial charge on any atom is 0.0782 e. The summed E-state index contributed by atoms with van der Waals surface area (Å²) in [5, 5.41) is 0. The fraction of sp³-hybridized carbons (Fsp3) is 0.200. The van der Waals surface area contributed by atoms with Crippen molar-refractivity contribution in [1.82, 2.24) is 0 Å². The molecule has 0 aliphatic carbocycles. The second-order valence-electron chi connectivity index (χ2n) is 2.18. The van der Waals surface area contributed by atoms with Crippen molar-refractivity contribution in [3.05, 3.63) is 21.9 Å². The Balaban J connectivity index is 2.75. The lowest BCUT2D eigenvalue weighted by atomic mass is 10.4. The van der Waals surface area contributed by atoms with Crippen molar-refractivity contribution in [2.24, 2.45) is 11.5 Å². The van der Waals surface area contributed by atoms with Crippen LogP contribution in [0.2, 0.25) is 0 Å². The van der Waals surface area contributed by atoms with Crippen molar-refractivity contribution in [2.75, 3.05) is 13.1 Å². The summed E-state index contributed by atoms with van der Waals surface area (Å²) in [5.41, 5.74) is 10.5. The highest BCUT2D eigenvalue weighted by atomic mass is 32.1. The van der Waals surface area contributed by atoms with E-state index < -0.39 is 0 Å². The summed E-state index contributed by atoms with van der Waals surface area (Å²) < 4.78 is 0. The molecule has 0 saturated heterocycles. The Morgan fingerprint density at radius 3 is 1.85 bits per heavy atom. The lowest BCUT2D eigenvalue weighted by Gasteiger charge is -1.76. The maximum absolute atomic E-state index is 5.25. The smallest absolute Gasteiger partial charge is 0.0782 e. The lowest BCUT2D eigenvalue weighted by Crippen LogP contribution is -1.92. The van der Waals surface area contributed by atoms with Gasteiger partial charge in [0, 0.05) is 0 Å². The second-order valence-corrected chi connectivity index (χ2v) is 3.26. The van der Waals surface area contributed by atoms with Crippen LogP contribution in [-0.4, -0.2) is 13.1 Å². The van der Waals surface area contributed by atoms with Gasteiger partial charge in [-0.05, 0) is 12.1 Å². The van der Waals surface area contributed by atoms with Crippen LogP contribution in [0.15, 0.2) is 12.1 Å². The van der Waals surface area contributed by atoms with E-state index in [1.807, 2.05) is 12.1 Å². The summed E-state index contributed by atoms with van der Waals surface area (Å²) in [6, 6.07) is 3.88. The van der Waals surface area contributed by atoms with Gasteiger partial charge in [0.1, 0.15) is 0 Å². The standard InChI is InChI=1S/C10H10N2S/c11-7-1-3-9-5-6-10(13-9)4-2-8-12/h5-6H,7-8,11-12H2. The summed E-state index contributed by atoms with van der Waals surface area (Å²) >= 11 is 1.55. The Bertz CT molecular complexity index is 348. The Hall–Kier alpha value is -1.26. The first kappa shape index (κ1) is 9.83. The van der Waals surface area contributed by atoms with Crippen molar-refractivity contribution >= 4 is 11.3 Å². The normalized spacial score (nSPS) is 8.15. The molecule has 0 fully saturated rings. The van der Waals surface area contributed by atoms with Gasteiger partial charge in [-0.3, -0.25) is 0 Å². The number of hydrogen-bond acceptors (Lipinski definition) is 3. The molecule has 1 aromatic heterocycles. The van der Waals surface area contributed by atoms with E-state index in [1.165, 1.54) is 0 Å². The molecule has 0 aromatic carbocycles. The van der Waals surface area contributed by atoms with Crippen LogP contribution in [-0.2, 0) is 0 Å². The molecule has 4 N–H and O–H groups in total. The van der Waals surface area contributed by atoms with Crippen molar-refractivity contribution < 1.29 is 0 Å². The molecule has 13 heavy (non-hydrogen) atoms. The van der Waals surface area contributed by atoms with E-state index in [2.05, 4.69) is 23.7 Å². The first-order chi connectivity index (χ1) is 6.36. The third-order valence-corrected chi connectivity index (χ3v) is 2.15. The molecule has 0 radical (unpaired) electrons. The zero-order valence-electron chi connectivity index (χ0n) is 7.13. The van der Waals surface area contributed by atoms with Crippen molar-refractivity contribution in [3.8, 4) is 23.7 Å². The topological polar surface area (TPSA) is 52.0 Å². The van der Waals surface area contributed by atoms with E-state index in [-0.39, 0.29) is 0 Å². The Morgan fingerprint density at radius 1 is 1.00 bits per heavy atom. The molecular weight excluding hydrogens is 180 g/mol. The number of thiophene rings is 1. The molecule has 0 bridgehead atoms. The molecule has 1 heterocycles. The van der Waals surface area contributed by atoms with Crippen LogP contribution in [0.4, 0.5) is 0 Å². The molecule has 0 spiro atoms. The summed E-state index contributed by atoms with van der Waals surface area (Å²) in [7, 11) is 0. The highest BCUT2D eigenvalue weighted by Crippen LogP contribution is 2.13. The molecule has 0 atom stereocenters. The molecule has 0 unspecified atom stereocenters. The molecule has 0 amide bonds. The van der Waals surface area contributed by atoms with Crippen molar-refractivity contribution in [3.63, 3.8) is 0 Å². The van der Waals surface area contributed by atoms with Gasteiger partial charge in [0.25, 0.3) is 0 Å². The summed E-state index contributed by atoms with van der Waals surface area (Å²) in [5.74, 6) is 11.5. The number of rotatable bonds is 0. The number of hydrogen-bond donors (Lipinski definition) is 2. The monoisotopic (exact) mass is 190 g/mol. The van der Waals surface area contributed by atoms with Gasteiger partial charge in [-0.2, -0.15) is 0 Å². The number of nitrogens with two attached hydrogens (primary N) is 2. The molecule has 2 nitrogen and oxygen atoms in total. The zero-order valence-corrected chi connectivity index (χ0v) is 7.95. The first-order valence-corrected chi connectivity index (χ1v) is 4.66. The summed E-state index contributed by atoms with van der Waals surface area (Å²) in [6.07, 6.45) is 0. The molecule has 3 heteroatoms. The Kier molecular flexibility index (Phi) is 4.08. The maximum atomic E-state index is 5.25. The zero-order chi connectivity index (χ0) is 9.52. The third kappa shape index (κ3) is 3.31. The average molecular weight is 190 g/mol. The highest BCUT2D eigenvalue weighted by Gasteiger charge is 1.92. The van der Waals surface area contributed by atoms with E-state index >= 15 is 0 Å². The van der Waals surface area contributed by atoms with E-state index in [9.17, 15) is 0 Å². The lowest BCUT2D eigenvalue weighted by molar-refractivity contribution is 1.30. The van der Waals surface area contributed by atoms with Gasteiger partial charge in [0.15, 0.2) is 0 Å². The minimum Gasteiger partial charge on any atom is -0.320 e. The minimum absolute atomic E-state index is 0.391. The van der Waals surface area contributed by atoms with Crippen LogP contribution in [0.5, 0.6) is 0 Å². The van der Waals surface area contributed by atoms with Gasteiger partial charge < -0.3 is 11.5 Å². The van der Waals surface area contributed by atoms with Crippen LogP contribution in [0, 0.1) is 23.7 Å². The molecule has 1 aromatic rings. The van der Waals surface area contributed by atoms with Crippen LogP contribution < -0.4 is 11.5 Å². The first-order valence-electron chi connectivity index (χ1n) is 3.84. The van der Waals surface area contributed by atoms with E-state index in [0.29, 0.717) is 13.1 Å². The van der Waals surface area contributed by atoms with Crippen molar-refractivity contribution in [2.45, 2.75) is 0 Å². The SMILES string of the molecule is NCC#Cc1ccc(C#CCN)s1. The van der Waals surface area contributed by atoms with Gasteiger partial charge in [0.2, 0.25) is 0 Å². The molecular formula is C10H10N2S. The minimum atomic E-state index is 0.391. The van der Waals surface area contributed by atoms with Gasteiger partial charge in [-0.15, -0.1) is 11.3 Å². The molecule has 66 valence electrons. The Morgan fingerprint density at radius 2 is 1.46 bits per heavy atom. The van der Waals surface area contributed by atoms with E-state index in [4.69, 9.17) is 11.5 Å². The molecule has 0 saturated carbocycles. The average Bonchev–Trinajstić information content (AvgIpc) is 2.59. The van der Waals surface area contributed by atoms with Crippen LogP contribution in [0.3, 0.4) is 0 Å². The Labute approximate surface area is 81.9 Å². The van der Waals surface area contributed by atoms with Gasteiger partial charge in [-0.25, -0.2) is 0 Å². The van der Waals surface area contributed by atoms with Gasteiger partial charge in [-0.1, -0.05) is 23.7 Å². The summed E-state index contributed by atoms with van der Waals surface area (Å²) in [6.45, 7) is 0.781. The van der Waals surface area contributed by atoms with Gasteiger partial charge in [0.05, 0.1) is 22.8 Å². The van der Waals surface area contributed by atoms with E-state index in [0.717, 1.165) is 9.75 Å². The van der Waals surface area contributed by atoms with Crippen LogP contribution in [0.25, 0.3) is 0 Å². The quantitative estimate of drug-likeness (QED) is 0.581. The van der Waals surface area contributed by atoms with Gasteiger partial charge >= 0.3 is 0 Å². The second kappa shape index (κ2) is 5.40. The molecule has 1 rings (SSSR count). The summed E-state index contributed by atoms with van der Waals surface area (Å²) in [4.78, 5) is 1.98. The van der Waals surface area contributed by atoms with E-state index in [1.54, 1.807) is 11.3 Å². The highest BCUT2D eigenvalue weighted by molar-refractivity contribution is 7.13. The molecule has 0 aliphatic heterocycles. The van der Waals surface area contributed by atoms with Crippen molar-refractivity contribution in [1.29, 1.82) is 0 Å². The third-order valence-electron chi connectivity index (χ3n) is 1.23. The predicted molar refractivity (Wildman–Crippen MR) is 56.2 cm³/mol. The fourth-order valence-corrected chi connectivity index (χ4v) is 1.50. The van der Waals surface area contributed by atoms with Crippen LogP contribution in [0.1, 0.15) is 9.75 Å². The molecule has 0 aliphatic rings. The largest absolute Gasteiger partial charge is 0.320 e. The fourth-order valence-electron chi connectivity index (χ4n) is 0.749. The van der Waals surface area contributed by atoms with Crippen LogP contribution >= 0.6 is 11.3 Å².